The van der Waals surface area contributed by atoms with Crippen LogP contribution in [0.15, 0.2) is 35.3 Å². The Hall–Kier alpha value is -5.22. The van der Waals surface area contributed by atoms with Crippen molar-refractivity contribution in [2.75, 3.05) is 23.3 Å². The van der Waals surface area contributed by atoms with Crippen LogP contribution in [0, 0.1) is 5.92 Å². The van der Waals surface area contributed by atoms with Gasteiger partial charge < -0.3 is 52.2 Å². The van der Waals surface area contributed by atoms with Crippen LogP contribution >= 0.6 is 12.6 Å². The first-order valence-corrected chi connectivity index (χ1v) is 16.6. The number of nitrogens with two attached hydrogens (primary N) is 1. The summed E-state index contributed by atoms with van der Waals surface area (Å²) in [5.74, 6) is -5.41. The van der Waals surface area contributed by atoms with Gasteiger partial charge in [-0.05, 0) is 37.6 Å². The highest BCUT2D eigenvalue weighted by Gasteiger charge is 2.47. The number of ketones is 1. The van der Waals surface area contributed by atoms with Crippen LogP contribution in [0.4, 0.5) is 11.6 Å². The maximum absolute atomic E-state index is 12.9. The molecular formula is C31H39N9O11S. The summed E-state index contributed by atoms with van der Waals surface area (Å²) >= 11 is 4.05. The molecule has 3 aromatic rings. The number of H-pyrrole nitrogens is 1. The van der Waals surface area contributed by atoms with Crippen molar-refractivity contribution in [2.45, 2.75) is 69.4 Å². The number of amides is 3. The fraction of sp³-hybridized carbons (Fsp3) is 0.452. The number of ether oxygens (including phenoxy) is 1. The van der Waals surface area contributed by atoms with Crippen molar-refractivity contribution in [2.24, 2.45) is 5.92 Å². The number of carboxylic acids is 1. The van der Waals surface area contributed by atoms with E-state index in [1.54, 1.807) is 19.1 Å². The van der Waals surface area contributed by atoms with Crippen molar-refractivity contribution in [3.63, 3.8) is 0 Å². The van der Waals surface area contributed by atoms with E-state index >= 15 is 0 Å². The van der Waals surface area contributed by atoms with Crippen LogP contribution in [0.1, 0.15) is 42.2 Å². The van der Waals surface area contributed by atoms with E-state index in [1.807, 2.05) is 0 Å². The molecule has 0 bridgehead atoms. The summed E-state index contributed by atoms with van der Waals surface area (Å²) in [5.41, 5.74) is 6.18. The van der Waals surface area contributed by atoms with Gasteiger partial charge in [0.05, 0.1) is 31.1 Å². The molecule has 3 amide bonds. The summed E-state index contributed by atoms with van der Waals surface area (Å²) in [6, 6.07) is 4.23. The molecule has 11 N–H and O–H groups in total. The maximum atomic E-state index is 12.9. The lowest BCUT2D eigenvalue weighted by Crippen LogP contribution is -2.59. The van der Waals surface area contributed by atoms with Gasteiger partial charge in [-0.2, -0.15) is 17.6 Å². The van der Waals surface area contributed by atoms with Crippen molar-refractivity contribution >= 4 is 64.9 Å². The number of benzene rings is 1. The summed E-state index contributed by atoms with van der Waals surface area (Å²) in [6.45, 7) is 1.38. The number of nitrogens with zero attached hydrogens (tertiary/aromatic N) is 3. The molecule has 0 radical (unpaired) electrons. The molecule has 20 nitrogen and oxygen atoms in total. The minimum atomic E-state index is -1.95. The first-order chi connectivity index (χ1) is 24.7. The van der Waals surface area contributed by atoms with Crippen LogP contribution in [-0.4, -0.2) is 119 Å². The van der Waals surface area contributed by atoms with Crippen LogP contribution in [0.25, 0.3) is 11.2 Å². The predicted octanol–water partition coefficient (Wildman–Crippen LogP) is -2.56. The number of carbonyl (C=O) groups is 5. The minimum Gasteiger partial charge on any atom is -0.480 e. The average molecular weight is 746 g/mol. The molecule has 3 heterocycles. The number of aliphatic carboxylic acids is 1. The molecule has 1 aromatic carbocycles. The van der Waals surface area contributed by atoms with Gasteiger partial charge in [-0.1, -0.05) is 0 Å². The lowest BCUT2D eigenvalue weighted by atomic mass is 9.83. The summed E-state index contributed by atoms with van der Waals surface area (Å²) < 4.78 is 5.03. The Morgan fingerprint density at radius 3 is 2.44 bits per heavy atom. The van der Waals surface area contributed by atoms with Crippen molar-refractivity contribution < 1.29 is 49.1 Å². The highest BCUT2D eigenvalue weighted by Crippen LogP contribution is 2.29. The van der Waals surface area contributed by atoms with Crippen molar-refractivity contribution in [3.8, 4) is 0 Å². The van der Waals surface area contributed by atoms with Gasteiger partial charge in [-0.25, -0.2) is 14.8 Å². The van der Waals surface area contributed by atoms with E-state index in [4.69, 9.17) is 10.5 Å². The van der Waals surface area contributed by atoms with Gasteiger partial charge in [-0.15, -0.1) is 0 Å². The first-order valence-electron chi connectivity index (χ1n) is 15.9. The maximum Gasteiger partial charge on any atom is 0.326 e. The predicted molar refractivity (Wildman–Crippen MR) is 185 cm³/mol. The molecule has 1 fully saturated rings. The number of hydrogen-bond donors (Lipinski definition) is 11. The molecule has 1 saturated heterocycles. The SMILES string of the molecule is C[C@H](CS)NC(=O)CNC(=O)C1OC(O)C(O)[C@@H](CC(=O)CC[C@H](NC(=O)c2ccc(NCc3cnc4nc(N)[nH]c(=O)c4n3)cc2)C(=O)O)[C@H]1O. The Labute approximate surface area is 300 Å². The monoisotopic (exact) mass is 745 g/mol. The van der Waals surface area contributed by atoms with E-state index in [9.17, 15) is 49.2 Å². The molecule has 0 saturated carbocycles. The third kappa shape index (κ3) is 10.4. The standard InChI is InChI=1S/C31H39N9O11S/c1-13(12-52)36-20(42)11-35-28(47)24-22(43)18(23(44)30(50)51-24)8-17(41)6-7-19(29(48)49)38-26(45)14-2-4-15(5-3-14)33-9-16-10-34-25-21(37-16)27(46)40-31(32)39-25/h2-5,10,13,18-19,22-24,30,33,43-44,50,52H,6-9,11-12H2,1H3,(H,35,47)(H,36,42)(H,38,45)(H,48,49)(H3,32,34,39,40,46)/t13-,18+,19+,22-,23?,24?,30?/m1/s1. The minimum absolute atomic E-state index is 0.0139. The zero-order valence-electron chi connectivity index (χ0n) is 27.7. The second-order valence-corrected chi connectivity index (χ2v) is 12.4. The fourth-order valence-electron chi connectivity index (χ4n) is 5.20. The number of aliphatic hydroxyl groups is 3. The molecule has 1 aliphatic rings. The summed E-state index contributed by atoms with van der Waals surface area (Å²) in [7, 11) is 0. The second-order valence-electron chi connectivity index (χ2n) is 12.0. The van der Waals surface area contributed by atoms with Crippen LogP contribution < -0.4 is 32.6 Å². The zero-order chi connectivity index (χ0) is 38.1. The van der Waals surface area contributed by atoms with Crippen LogP contribution in [0.2, 0.25) is 0 Å². The zero-order valence-corrected chi connectivity index (χ0v) is 28.6. The number of thiol groups is 1. The molecule has 21 heteroatoms. The first kappa shape index (κ1) is 39.6. The molecule has 4 rings (SSSR count). The largest absolute Gasteiger partial charge is 0.480 e. The van der Waals surface area contributed by atoms with Gasteiger partial charge >= 0.3 is 5.97 Å². The van der Waals surface area contributed by atoms with E-state index in [0.29, 0.717) is 17.1 Å². The van der Waals surface area contributed by atoms with Gasteiger partial charge in [0.1, 0.15) is 17.9 Å². The Kier molecular flexibility index (Phi) is 13.6. The molecule has 2 aromatic heterocycles. The molecule has 0 aliphatic carbocycles. The molecule has 3 unspecified atom stereocenters. The van der Waals surface area contributed by atoms with Crippen molar-refractivity contribution in [1.82, 2.24) is 35.9 Å². The number of aliphatic hydroxyl groups excluding tert-OH is 3. The normalized spacial score (nSPS) is 21.1. The molecule has 52 heavy (non-hydrogen) atoms. The van der Waals surface area contributed by atoms with E-state index in [0.717, 1.165) is 0 Å². The average Bonchev–Trinajstić information content (AvgIpc) is 3.11. The summed E-state index contributed by atoms with van der Waals surface area (Å²) in [4.78, 5) is 88.9. The van der Waals surface area contributed by atoms with Gasteiger partial charge in [0.2, 0.25) is 11.9 Å². The smallest absolute Gasteiger partial charge is 0.326 e. The molecular weight excluding hydrogens is 706 g/mol. The Balaban J connectivity index is 1.28. The number of carboxylic acid groups (broad SMARTS) is 1. The number of aromatic nitrogens is 4. The number of Topliss-reactive ketones (excluding diaryl/α,β-unsaturated/α-hetero) is 1. The Morgan fingerprint density at radius 2 is 1.77 bits per heavy atom. The van der Waals surface area contributed by atoms with Crippen molar-refractivity contribution in [1.29, 1.82) is 0 Å². The quantitative estimate of drug-likeness (QED) is 0.0672. The molecule has 1 aliphatic heterocycles. The van der Waals surface area contributed by atoms with Crippen LogP contribution in [0.5, 0.6) is 0 Å². The number of nitrogen functional groups attached to an aromatic ring is 1. The van der Waals surface area contributed by atoms with E-state index in [1.165, 1.54) is 18.3 Å². The van der Waals surface area contributed by atoms with Crippen molar-refractivity contribution in [3.05, 3.63) is 52.1 Å². The number of nitrogens with one attached hydrogen (secondary N) is 5. The van der Waals surface area contributed by atoms with Gasteiger partial charge in [0.25, 0.3) is 17.4 Å². The van der Waals surface area contributed by atoms with Gasteiger partial charge in [0, 0.05) is 41.8 Å². The van der Waals surface area contributed by atoms with E-state index in [2.05, 4.69) is 53.8 Å². The highest BCUT2D eigenvalue weighted by atomic mass is 32.1. The van der Waals surface area contributed by atoms with Gasteiger partial charge in [0.15, 0.2) is 23.6 Å². The Morgan fingerprint density at radius 1 is 1.06 bits per heavy atom. The van der Waals surface area contributed by atoms with Crippen LogP contribution in [0.3, 0.4) is 0 Å². The highest BCUT2D eigenvalue weighted by molar-refractivity contribution is 7.80. The van der Waals surface area contributed by atoms with E-state index in [-0.39, 0.29) is 41.7 Å². The third-order valence-corrected chi connectivity index (χ3v) is 8.56. The Bertz CT molecular complexity index is 1840. The third-order valence-electron chi connectivity index (χ3n) is 8.01. The molecule has 0 spiro atoms. The van der Waals surface area contributed by atoms with E-state index < -0.39 is 91.0 Å². The topological polar surface area (TPSA) is 321 Å². The summed E-state index contributed by atoms with van der Waals surface area (Å²) in [5, 5.41) is 51.3. The second kappa shape index (κ2) is 17.8. The van der Waals surface area contributed by atoms with Gasteiger partial charge in [-0.3, -0.25) is 29.0 Å². The number of hydrogen-bond acceptors (Lipinski definition) is 16. The number of aromatic amines is 1. The summed E-state index contributed by atoms with van der Waals surface area (Å²) in [6.07, 6.45) is -7.10. The molecule has 280 valence electrons. The lowest BCUT2D eigenvalue weighted by Gasteiger charge is -2.40. The fourth-order valence-corrected chi connectivity index (χ4v) is 5.30. The number of anilines is 2. The van der Waals surface area contributed by atoms with Crippen LogP contribution in [-0.2, 0) is 30.5 Å². The molecule has 7 atom stereocenters. The number of carbonyl (C=O) groups excluding carboxylic acids is 4. The number of rotatable bonds is 16. The lowest BCUT2D eigenvalue weighted by molar-refractivity contribution is -0.262. The number of fused-ring (bicyclic) bond motifs is 1.